The van der Waals surface area contributed by atoms with Gasteiger partial charge in [-0.3, -0.25) is 14.5 Å². The molecule has 41 heavy (non-hydrogen) atoms. The quantitative estimate of drug-likeness (QED) is 0.370. The maximum atomic E-state index is 13.9. The van der Waals surface area contributed by atoms with E-state index < -0.39 is 17.1 Å². The van der Waals surface area contributed by atoms with E-state index in [0.717, 1.165) is 42.6 Å². The molecule has 2 bridgehead atoms. The molecule has 0 radical (unpaired) electrons. The van der Waals surface area contributed by atoms with Crippen LogP contribution in [0, 0.1) is 11.8 Å². The predicted molar refractivity (Wildman–Crippen MR) is 152 cm³/mol. The molecule has 8 heteroatoms. The molecule has 2 aromatic rings. The number of phenols is 1. The number of carbonyl (C=O) groups is 2. The predicted octanol–water partition coefficient (Wildman–Crippen LogP) is 4.69. The molecule has 5 aliphatic rings. The summed E-state index contributed by atoms with van der Waals surface area (Å²) in [7, 11) is 0. The number of esters is 1. The summed E-state index contributed by atoms with van der Waals surface area (Å²) in [6, 6.07) is 5.38. The van der Waals surface area contributed by atoms with Crippen molar-refractivity contribution < 1.29 is 28.6 Å². The van der Waals surface area contributed by atoms with E-state index in [2.05, 4.69) is 18.7 Å². The fourth-order valence-corrected chi connectivity index (χ4v) is 8.62. The number of ether oxygens (including phenoxy) is 2. The third-order valence-electron chi connectivity index (χ3n) is 10.2. The number of likely N-dealkylation sites (tertiary alicyclic amines) is 1. The third kappa shape index (κ3) is 4.04. The van der Waals surface area contributed by atoms with Crippen molar-refractivity contribution in [2.45, 2.75) is 88.5 Å². The van der Waals surface area contributed by atoms with Gasteiger partial charge in [0.25, 0.3) is 0 Å². The van der Waals surface area contributed by atoms with Crippen LogP contribution in [0.1, 0.15) is 69.6 Å². The van der Waals surface area contributed by atoms with Crippen LogP contribution in [-0.2, 0) is 26.2 Å². The number of hydrogen-bond acceptors (Lipinski definition) is 7. The number of amides is 1. The molecule has 1 amide bonds. The van der Waals surface area contributed by atoms with E-state index in [9.17, 15) is 14.7 Å². The van der Waals surface area contributed by atoms with Crippen LogP contribution in [0.15, 0.2) is 41.2 Å². The van der Waals surface area contributed by atoms with E-state index in [-0.39, 0.29) is 35.6 Å². The van der Waals surface area contributed by atoms with Crippen molar-refractivity contribution in [3.8, 4) is 11.5 Å². The Kier molecular flexibility index (Phi) is 6.27. The second kappa shape index (κ2) is 9.65. The zero-order valence-corrected chi connectivity index (χ0v) is 24.2. The topological polar surface area (TPSA) is 92.5 Å². The Balaban J connectivity index is 1.35. The standard InChI is InChI=1S/C33H40N2O6/c1-20(2)17-35(28(38)9-6-23-11-15-39-19-23)25-10-12-33(41-21(3)36)27-16-24-7-8-26(37)30-29(24)32(33,31(25)40-30)13-14-34(27)18-22-4-5-22/h6-9,11,15,19-20,22,25,27,31,37H,4-5,10,12-14,16-18H2,1-3H3/b9-6+/t25-,27+,31-,32-,33+/m0/s1. The lowest BCUT2D eigenvalue weighted by Gasteiger charge is -2.65. The average molecular weight is 561 g/mol. The van der Waals surface area contributed by atoms with Crippen molar-refractivity contribution in [3.63, 3.8) is 0 Å². The SMILES string of the molecule is CC(=O)O[C@@]12CC[C@H](N(CC(C)C)C(=O)/C=C/c3ccoc3)[C@@H]3Oc4c(O)ccc5c4[C@@]31CCN(CC1CC1)[C@@H]2C5. The number of nitrogens with zero attached hydrogens (tertiary/aromatic N) is 2. The highest BCUT2D eigenvalue weighted by Gasteiger charge is 2.75. The zero-order valence-electron chi connectivity index (χ0n) is 24.2. The van der Waals surface area contributed by atoms with E-state index >= 15 is 0 Å². The minimum atomic E-state index is -0.779. The minimum absolute atomic E-state index is 0.0334. The second-order valence-corrected chi connectivity index (χ2v) is 13.2. The van der Waals surface area contributed by atoms with Crippen LogP contribution in [0.5, 0.6) is 11.5 Å². The molecule has 1 spiro atoms. The molecule has 1 aromatic carbocycles. The molecule has 2 aliphatic heterocycles. The van der Waals surface area contributed by atoms with Crippen LogP contribution < -0.4 is 4.74 Å². The number of phenolic OH excluding ortho intramolecular Hbond substituents is 1. The molecule has 1 N–H and O–H groups in total. The molecule has 1 aromatic heterocycles. The van der Waals surface area contributed by atoms with Gasteiger partial charge in [-0.05, 0) is 80.7 Å². The van der Waals surface area contributed by atoms with Gasteiger partial charge in [0.2, 0.25) is 5.91 Å². The molecule has 218 valence electrons. The van der Waals surface area contributed by atoms with E-state index in [1.165, 1.54) is 19.8 Å². The van der Waals surface area contributed by atoms with Crippen LogP contribution >= 0.6 is 0 Å². The summed E-state index contributed by atoms with van der Waals surface area (Å²) in [6.07, 6.45) is 11.5. The molecule has 2 saturated carbocycles. The van der Waals surface area contributed by atoms with Crippen molar-refractivity contribution in [2.75, 3.05) is 19.6 Å². The lowest BCUT2D eigenvalue weighted by molar-refractivity contribution is -0.224. The maximum absolute atomic E-state index is 13.9. The van der Waals surface area contributed by atoms with Gasteiger partial charge in [0.15, 0.2) is 11.5 Å². The summed E-state index contributed by atoms with van der Waals surface area (Å²) in [4.78, 5) is 31.3. The Morgan fingerprint density at radius 2 is 2.05 bits per heavy atom. The van der Waals surface area contributed by atoms with Gasteiger partial charge >= 0.3 is 5.97 Å². The van der Waals surface area contributed by atoms with Gasteiger partial charge in [-0.1, -0.05) is 19.9 Å². The highest BCUT2D eigenvalue weighted by Crippen LogP contribution is 2.67. The first-order chi connectivity index (χ1) is 19.7. The van der Waals surface area contributed by atoms with E-state index in [1.807, 2.05) is 17.0 Å². The van der Waals surface area contributed by atoms with Crippen LogP contribution in [0.3, 0.4) is 0 Å². The van der Waals surface area contributed by atoms with Gasteiger partial charge in [0.05, 0.1) is 30.0 Å². The summed E-state index contributed by atoms with van der Waals surface area (Å²) >= 11 is 0. The highest BCUT2D eigenvalue weighted by atomic mass is 16.6. The summed E-state index contributed by atoms with van der Waals surface area (Å²) in [5.41, 5.74) is 1.57. The van der Waals surface area contributed by atoms with E-state index in [4.69, 9.17) is 13.9 Å². The molecule has 1 saturated heterocycles. The van der Waals surface area contributed by atoms with Crippen molar-refractivity contribution in [2.24, 2.45) is 11.8 Å². The van der Waals surface area contributed by atoms with Gasteiger partial charge in [0, 0.05) is 37.2 Å². The molecule has 7 rings (SSSR count). The van der Waals surface area contributed by atoms with Crippen molar-refractivity contribution in [1.82, 2.24) is 9.80 Å². The fourth-order valence-electron chi connectivity index (χ4n) is 8.62. The van der Waals surface area contributed by atoms with Crippen molar-refractivity contribution in [3.05, 3.63) is 53.5 Å². The monoisotopic (exact) mass is 560 g/mol. The minimum Gasteiger partial charge on any atom is -0.504 e. The van der Waals surface area contributed by atoms with Gasteiger partial charge < -0.3 is 23.9 Å². The van der Waals surface area contributed by atoms with Gasteiger partial charge in [-0.25, -0.2) is 0 Å². The normalized spacial score (nSPS) is 31.7. The number of furan rings is 1. The lowest BCUT2D eigenvalue weighted by atomic mass is 9.48. The van der Waals surface area contributed by atoms with Crippen molar-refractivity contribution in [1.29, 1.82) is 0 Å². The molecular weight excluding hydrogens is 520 g/mol. The van der Waals surface area contributed by atoms with Crippen LogP contribution in [-0.4, -0.2) is 70.2 Å². The van der Waals surface area contributed by atoms with E-state index in [1.54, 1.807) is 30.7 Å². The van der Waals surface area contributed by atoms with Crippen LogP contribution in [0.2, 0.25) is 0 Å². The number of aromatic hydroxyl groups is 1. The first kappa shape index (κ1) is 26.6. The Morgan fingerprint density at radius 3 is 2.76 bits per heavy atom. The Bertz CT molecular complexity index is 1380. The third-order valence-corrected chi connectivity index (χ3v) is 10.2. The zero-order chi connectivity index (χ0) is 28.5. The molecule has 0 unspecified atom stereocenters. The Hall–Kier alpha value is -3.26. The summed E-state index contributed by atoms with van der Waals surface area (Å²) in [5, 5.41) is 11.1. The smallest absolute Gasteiger partial charge is 0.303 e. The number of rotatable bonds is 8. The second-order valence-electron chi connectivity index (χ2n) is 13.2. The number of carbonyl (C=O) groups excluding carboxylic acids is 2. The van der Waals surface area contributed by atoms with Gasteiger partial charge in [0.1, 0.15) is 11.7 Å². The van der Waals surface area contributed by atoms with Crippen molar-refractivity contribution >= 4 is 18.0 Å². The summed E-state index contributed by atoms with van der Waals surface area (Å²) < 4.78 is 18.6. The van der Waals surface area contributed by atoms with E-state index in [0.29, 0.717) is 31.1 Å². The summed E-state index contributed by atoms with van der Waals surface area (Å²) in [5.74, 6) is 1.22. The number of piperidine rings is 1. The largest absolute Gasteiger partial charge is 0.504 e. The number of hydrogen-bond donors (Lipinski definition) is 1. The molecule has 3 aliphatic carbocycles. The summed E-state index contributed by atoms with van der Waals surface area (Å²) in [6.45, 7) is 8.22. The number of benzene rings is 1. The first-order valence-electron chi connectivity index (χ1n) is 15.2. The van der Waals surface area contributed by atoms with Gasteiger partial charge in [-0.2, -0.15) is 0 Å². The molecular formula is C33H40N2O6. The van der Waals surface area contributed by atoms with Gasteiger partial charge in [-0.15, -0.1) is 0 Å². The molecule has 3 heterocycles. The fraction of sp³-hybridized carbons (Fsp3) is 0.576. The van der Waals surface area contributed by atoms with Crippen LogP contribution in [0.4, 0.5) is 0 Å². The average Bonchev–Trinajstić information content (AvgIpc) is 3.44. The molecule has 3 fully saturated rings. The molecule has 5 atom stereocenters. The lowest BCUT2D eigenvalue weighted by Crippen LogP contribution is -2.79. The van der Waals surface area contributed by atoms with Crippen LogP contribution in [0.25, 0.3) is 6.08 Å². The maximum Gasteiger partial charge on any atom is 0.303 e. The Morgan fingerprint density at radius 1 is 1.22 bits per heavy atom. The Labute approximate surface area is 241 Å². The molecule has 8 nitrogen and oxygen atoms in total. The first-order valence-corrected chi connectivity index (χ1v) is 15.2. The highest BCUT2D eigenvalue weighted by molar-refractivity contribution is 5.92.